The smallest absolute Gasteiger partial charge is 0.439 e. The predicted octanol–water partition coefficient (Wildman–Crippen LogP) is 4.65. The fraction of sp³-hybridized carbons (Fsp3) is 0.556. The summed E-state index contributed by atoms with van der Waals surface area (Å²) in [5.41, 5.74) is -3.21. The van der Waals surface area contributed by atoms with Crippen LogP contribution < -0.4 is 4.74 Å². The van der Waals surface area contributed by atoms with Gasteiger partial charge in [-0.3, -0.25) is 4.79 Å². The molecule has 1 heterocycles. The quantitative estimate of drug-likeness (QED) is 0.746. The fourth-order valence-corrected chi connectivity index (χ4v) is 4.07. The molecule has 0 radical (unpaired) electrons. The molecule has 4 atom stereocenters. The number of ether oxygens (including phenoxy) is 1. The Labute approximate surface area is 170 Å². The van der Waals surface area contributed by atoms with Gasteiger partial charge in [-0.15, -0.1) is 0 Å². The zero-order valence-electron chi connectivity index (χ0n) is 15.1. The van der Waals surface area contributed by atoms with Crippen LogP contribution in [-0.4, -0.2) is 39.7 Å². The van der Waals surface area contributed by atoms with Crippen molar-refractivity contribution < 1.29 is 27.8 Å². The van der Waals surface area contributed by atoms with Crippen LogP contribution in [0.2, 0.25) is 10.0 Å². The monoisotopic (exact) mass is 438 g/mol. The van der Waals surface area contributed by atoms with Crippen LogP contribution in [0.5, 0.6) is 5.75 Å². The Bertz CT molecular complexity index is 818. The zero-order valence-corrected chi connectivity index (χ0v) is 16.6. The number of hydrogen-bond acceptors (Lipinski definition) is 4. The largest absolute Gasteiger partial charge is 0.479 e. The first-order chi connectivity index (χ1) is 12.9. The number of alkyl halides is 3. The summed E-state index contributed by atoms with van der Waals surface area (Å²) in [4.78, 5) is 12.8. The molecular formula is C18H19Cl2F3N2O3. The van der Waals surface area contributed by atoms with Gasteiger partial charge >= 0.3 is 6.18 Å². The number of hydrogen-bond donors (Lipinski definition) is 1. The highest BCUT2D eigenvalue weighted by atomic mass is 35.5. The molecule has 0 aromatic heterocycles. The van der Waals surface area contributed by atoms with Gasteiger partial charge in [0.1, 0.15) is 5.75 Å². The van der Waals surface area contributed by atoms with E-state index < -0.39 is 29.8 Å². The van der Waals surface area contributed by atoms with Gasteiger partial charge in [-0.25, -0.2) is 0 Å². The molecule has 1 N–H and O–H groups in total. The van der Waals surface area contributed by atoms with E-state index in [0.717, 1.165) is 0 Å². The molecule has 0 unspecified atom stereocenters. The zero-order chi connectivity index (χ0) is 20.9. The van der Waals surface area contributed by atoms with Crippen LogP contribution in [0.25, 0.3) is 0 Å². The van der Waals surface area contributed by atoms with Crippen LogP contribution in [0.15, 0.2) is 23.3 Å². The molecule has 1 aliphatic heterocycles. The SMILES string of the molecule is C[C@@H]1CCC2=NN(C(=O)[C@H](C)Oc3ccc(Cl)cc3Cl)[C@](O)(C(F)(F)F)[C@@H]2C1. The minimum Gasteiger partial charge on any atom is -0.479 e. The first-order valence-corrected chi connectivity index (χ1v) is 9.53. The van der Waals surface area contributed by atoms with Gasteiger partial charge in [-0.1, -0.05) is 30.1 Å². The number of aliphatic hydroxyl groups is 1. The number of hydrazone groups is 1. The minimum absolute atomic E-state index is 0.0191. The average Bonchev–Trinajstić information content (AvgIpc) is 2.90. The van der Waals surface area contributed by atoms with Crippen LogP contribution in [0, 0.1) is 11.8 Å². The second-order valence-electron chi connectivity index (χ2n) is 7.23. The molecule has 10 heteroatoms. The van der Waals surface area contributed by atoms with Gasteiger partial charge in [0.15, 0.2) is 6.10 Å². The lowest BCUT2D eigenvalue weighted by atomic mass is 9.76. The molecule has 1 amide bonds. The molecule has 5 nitrogen and oxygen atoms in total. The van der Waals surface area contributed by atoms with Gasteiger partial charge in [0, 0.05) is 10.7 Å². The van der Waals surface area contributed by atoms with Gasteiger partial charge in [-0.05, 0) is 50.3 Å². The lowest BCUT2D eigenvalue weighted by molar-refractivity contribution is -0.318. The van der Waals surface area contributed by atoms with E-state index in [1.807, 2.05) is 6.92 Å². The van der Waals surface area contributed by atoms with Crippen molar-refractivity contribution in [1.29, 1.82) is 0 Å². The topological polar surface area (TPSA) is 62.1 Å². The van der Waals surface area contributed by atoms with E-state index in [2.05, 4.69) is 5.10 Å². The van der Waals surface area contributed by atoms with E-state index in [9.17, 15) is 23.1 Å². The summed E-state index contributed by atoms with van der Waals surface area (Å²) in [5, 5.41) is 15.1. The highest BCUT2D eigenvalue weighted by molar-refractivity contribution is 6.35. The van der Waals surface area contributed by atoms with Crippen LogP contribution in [0.4, 0.5) is 13.2 Å². The van der Waals surface area contributed by atoms with E-state index in [4.69, 9.17) is 27.9 Å². The Morgan fingerprint density at radius 1 is 1.43 bits per heavy atom. The lowest BCUT2D eigenvalue weighted by Crippen LogP contribution is -2.63. The second-order valence-corrected chi connectivity index (χ2v) is 8.08. The van der Waals surface area contributed by atoms with Crippen molar-refractivity contribution in [1.82, 2.24) is 5.01 Å². The molecular weight excluding hydrogens is 420 g/mol. The van der Waals surface area contributed by atoms with Gasteiger partial charge in [0.25, 0.3) is 11.6 Å². The number of nitrogens with zero attached hydrogens (tertiary/aromatic N) is 2. The molecule has 2 aliphatic rings. The Morgan fingerprint density at radius 3 is 2.71 bits per heavy atom. The maximum atomic E-state index is 13.9. The van der Waals surface area contributed by atoms with Crippen LogP contribution in [0.1, 0.15) is 33.1 Å². The third kappa shape index (κ3) is 3.57. The van der Waals surface area contributed by atoms with Crippen molar-refractivity contribution in [2.45, 2.75) is 51.1 Å². The molecule has 3 rings (SSSR count). The Kier molecular flexibility index (Phi) is 5.59. The number of carbonyl (C=O) groups is 1. The molecule has 0 saturated heterocycles. The highest BCUT2D eigenvalue weighted by Crippen LogP contribution is 2.49. The van der Waals surface area contributed by atoms with Crippen molar-refractivity contribution in [3.05, 3.63) is 28.2 Å². The molecule has 1 aromatic rings. The molecule has 1 aliphatic carbocycles. The first kappa shape index (κ1) is 21.2. The molecule has 1 fully saturated rings. The second kappa shape index (κ2) is 7.39. The molecule has 0 bridgehead atoms. The van der Waals surface area contributed by atoms with E-state index >= 15 is 0 Å². The first-order valence-electron chi connectivity index (χ1n) is 8.77. The number of halogens is 5. The molecule has 1 aromatic carbocycles. The molecule has 154 valence electrons. The summed E-state index contributed by atoms with van der Waals surface area (Å²) in [7, 11) is 0. The van der Waals surface area contributed by atoms with Gasteiger partial charge in [0.05, 0.1) is 10.9 Å². The number of benzene rings is 1. The van der Waals surface area contributed by atoms with Crippen molar-refractivity contribution in [3.63, 3.8) is 0 Å². The van der Waals surface area contributed by atoms with Gasteiger partial charge < -0.3 is 9.84 Å². The summed E-state index contributed by atoms with van der Waals surface area (Å²) in [6, 6.07) is 4.26. The molecule has 1 saturated carbocycles. The van der Waals surface area contributed by atoms with E-state index in [1.54, 1.807) is 0 Å². The summed E-state index contributed by atoms with van der Waals surface area (Å²) >= 11 is 11.8. The fourth-order valence-electron chi connectivity index (χ4n) is 3.61. The Hall–Kier alpha value is -1.51. The van der Waals surface area contributed by atoms with Crippen molar-refractivity contribution in [2.75, 3.05) is 0 Å². The standard InChI is InChI=1S/C18H19Cl2F3N2O3/c1-9-3-5-14-12(7-9)17(27,18(21,22)23)25(24-14)16(26)10(2)28-15-6-4-11(19)8-13(15)20/h4,6,8-10,12,27H,3,5,7H2,1-2H3/t9-,10+,12-,17-/m1/s1. The van der Waals surface area contributed by atoms with Crippen LogP contribution in [-0.2, 0) is 4.79 Å². The maximum Gasteiger partial charge on any atom is 0.439 e. The third-order valence-corrected chi connectivity index (χ3v) is 5.67. The molecule has 28 heavy (non-hydrogen) atoms. The van der Waals surface area contributed by atoms with Crippen molar-refractivity contribution in [3.8, 4) is 5.75 Å². The average molecular weight is 439 g/mol. The van der Waals surface area contributed by atoms with Crippen molar-refractivity contribution >= 4 is 34.8 Å². The number of rotatable bonds is 3. The summed E-state index contributed by atoms with van der Waals surface area (Å²) in [6.07, 6.45) is -5.40. The van der Waals surface area contributed by atoms with Crippen LogP contribution >= 0.6 is 23.2 Å². The maximum absolute atomic E-state index is 13.9. The molecule has 0 spiro atoms. The highest BCUT2D eigenvalue weighted by Gasteiger charge is 2.69. The summed E-state index contributed by atoms with van der Waals surface area (Å²) < 4.78 is 47.0. The number of fused-ring (bicyclic) bond motifs is 1. The Morgan fingerprint density at radius 2 is 2.11 bits per heavy atom. The number of carbonyl (C=O) groups excluding carboxylic acids is 1. The third-order valence-electron chi connectivity index (χ3n) is 5.14. The van der Waals surface area contributed by atoms with Crippen molar-refractivity contribution in [2.24, 2.45) is 16.9 Å². The van der Waals surface area contributed by atoms with E-state index in [-0.39, 0.29) is 33.8 Å². The van der Waals surface area contributed by atoms with E-state index in [0.29, 0.717) is 17.9 Å². The van der Waals surface area contributed by atoms with E-state index in [1.165, 1.54) is 25.1 Å². The minimum atomic E-state index is -5.08. The Balaban J connectivity index is 1.89. The van der Waals surface area contributed by atoms with Gasteiger partial charge in [-0.2, -0.15) is 23.3 Å². The summed E-state index contributed by atoms with van der Waals surface area (Å²) in [6.45, 7) is 3.08. The number of amides is 1. The predicted molar refractivity (Wildman–Crippen MR) is 98.3 cm³/mol. The summed E-state index contributed by atoms with van der Waals surface area (Å²) in [5.74, 6) is -2.33. The van der Waals surface area contributed by atoms with Gasteiger partial charge in [0.2, 0.25) is 0 Å². The van der Waals surface area contributed by atoms with Crippen LogP contribution in [0.3, 0.4) is 0 Å². The normalized spacial score (nSPS) is 28.6. The lowest BCUT2D eigenvalue weighted by Gasteiger charge is -2.39.